The van der Waals surface area contributed by atoms with Crippen LogP contribution in [0.15, 0.2) is 53.4 Å². The molecule has 23 heavy (non-hydrogen) atoms. The fourth-order valence-electron chi connectivity index (χ4n) is 3.01. The van der Waals surface area contributed by atoms with E-state index in [1.54, 1.807) is 12.1 Å². The topological polar surface area (TPSA) is 42.3 Å². The van der Waals surface area contributed by atoms with Crippen LogP contribution in [0.1, 0.15) is 11.3 Å². The standard InChI is InChI=1S/C18H20N2O2S/c1-13-9-11-15(12-10-13)23(21,22)20-14(2)18(19(3)4)16-7-5-6-8-17(16)20/h5-12H,1-4H3. The highest BCUT2D eigenvalue weighted by Gasteiger charge is 2.25. The van der Waals surface area contributed by atoms with E-state index >= 15 is 0 Å². The van der Waals surface area contributed by atoms with Gasteiger partial charge < -0.3 is 4.90 Å². The van der Waals surface area contributed by atoms with Gasteiger partial charge in [-0.3, -0.25) is 0 Å². The Balaban J connectivity index is 2.36. The Morgan fingerprint density at radius 2 is 1.52 bits per heavy atom. The van der Waals surface area contributed by atoms with Crippen LogP contribution in [0.3, 0.4) is 0 Å². The Labute approximate surface area is 137 Å². The summed E-state index contributed by atoms with van der Waals surface area (Å²) in [5, 5.41) is 0.936. The highest BCUT2D eigenvalue weighted by Crippen LogP contribution is 2.35. The van der Waals surface area contributed by atoms with Gasteiger partial charge in [-0.2, -0.15) is 0 Å². The number of benzene rings is 2. The second-order valence-electron chi connectivity index (χ2n) is 5.93. The second kappa shape index (κ2) is 5.42. The number of fused-ring (bicyclic) bond motifs is 1. The molecule has 0 aliphatic carbocycles. The summed E-state index contributed by atoms with van der Waals surface area (Å²) >= 11 is 0. The Morgan fingerprint density at radius 1 is 0.913 bits per heavy atom. The summed E-state index contributed by atoms with van der Waals surface area (Å²) < 4.78 is 27.8. The minimum absolute atomic E-state index is 0.303. The van der Waals surface area contributed by atoms with E-state index in [2.05, 4.69) is 0 Å². The molecule has 1 heterocycles. The zero-order valence-electron chi connectivity index (χ0n) is 13.7. The van der Waals surface area contributed by atoms with Crippen LogP contribution in [0.4, 0.5) is 5.69 Å². The lowest BCUT2D eigenvalue weighted by Crippen LogP contribution is -2.16. The monoisotopic (exact) mass is 328 g/mol. The van der Waals surface area contributed by atoms with Gasteiger partial charge in [-0.15, -0.1) is 0 Å². The van der Waals surface area contributed by atoms with Gasteiger partial charge in [0.1, 0.15) is 0 Å². The molecule has 0 saturated heterocycles. The summed E-state index contributed by atoms with van der Waals surface area (Å²) in [6, 6.07) is 14.6. The molecule has 3 aromatic rings. The number of aromatic nitrogens is 1. The third-order valence-corrected chi connectivity index (χ3v) is 5.85. The number of hydrogen-bond acceptors (Lipinski definition) is 3. The van der Waals surface area contributed by atoms with Gasteiger partial charge in [0.2, 0.25) is 0 Å². The van der Waals surface area contributed by atoms with Crippen molar-refractivity contribution in [3.8, 4) is 0 Å². The fourth-order valence-corrected chi connectivity index (χ4v) is 4.57. The Bertz CT molecular complexity index is 968. The minimum Gasteiger partial charge on any atom is -0.376 e. The average Bonchev–Trinajstić information content (AvgIpc) is 2.80. The molecule has 0 spiro atoms. The van der Waals surface area contributed by atoms with Gasteiger partial charge in [0.15, 0.2) is 0 Å². The van der Waals surface area contributed by atoms with Crippen molar-refractivity contribution in [2.24, 2.45) is 0 Å². The second-order valence-corrected chi connectivity index (χ2v) is 7.71. The van der Waals surface area contributed by atoms with E-state index in [0.29, 0.717) is 10.4 Å². The number of hydrogen-bond donors (Lipinski definition) is 0. The smallest absolute Gasteiger partial charge is 0.268 e. The third kappa shape index (κ3) is 2.41. The molecule has 3 rings (SSSR count). The molecule has 5 heteroatoms. The van der Waals surface area contributed by atoms with Crippen LogP contribution in [0.25, 0.3) is 10.9 Å². The van der Waals surface area contributed by atoms with Crippen molar-refractivity contribution in [1.29, 1.82) is 0 Å². The molecular weight excluding hydrogens is 308 g/mol. The normalized spacial score (nSPS) is 11.8. The predicted molar refractivity (Wildman–Crippen MR) is 94.8 cm³/mol. The van der Waals surface area contributed by atoms with Crippen LogP contribution in [0.5, 0.6) is 0 Å². The highest BCUT2D eigenvalue weighted by molar-refractivity contribution is 7.90. The molecule has 0 radical (unpaired) electrons. The predicted octanol–water partition coefficient (Wildman–Crippen LogP) is 3.56. The van der Waals surface area contributed by atoms with E-state index in [-0.39, 0.29) is 0 Å². The van der Waals surface area contributed by atoms with Gasteiger partial charge in [0.05, 0.1) is 21.8 Å². The molecule has 0 fully saturated rings. The van der Waals surface area contributed by atoms with E-state index < -0.39 is 10.0 Å². The maximum Gasteiger partial charge on any atom is 0.268 e. The lowest BCUT2D eigenvalue weighted by molar-refractivity contribution is 0.588. The van der Waals surface area contributed by atoms with Gasteiger partial charge in [-0.25, -0.2) is 12.4 Å². The largest absolute Gasteiger partial charge is 0.376 e. The first-order chi connectivity index (χ1) is 10.8. The van der Waals surface area contributed by atoms with Crippen LogP contribution in [0.2, 0.25) is 0 Å². The molecule has 0 saturated carbocycles. The van der Waals surface area contributed by atoms with Crippen LogP contribution in [-0.4, -0.2) is 26.5 Å². The zero-order valence-corrected chi connectivity index (χ0v) is 14.6. The van der Waals surface area contributed by atoms with Gasteiger partial charge in [-0.05, 0) is 32.0 Å². The average molecular weight is 328 g/mol. The lowest BCUT2D eigenvalue weighted by atomic mass is 10.2. The van der Waals surface area contributed by atoms with E-state index in [9.17, 15) is 8.42 Å². The minimum atomic E-state index is -3.64. The van der Waals surface area contributed by atoms with Crippen molar-refractivity contribution in [1.82, 2.24) is 3.97 Å². The van der Waals surface area contributed by atoms with Crippen molar-refractivity contribution in [2.75, 3.05) is 19.0 Å². The summed E-state index contributed by atoms with van der Waals surface area (Å²) in [6.45, 7) is 3.79. The Hall–Kier alpha value is -2.27. The molecule has 120 valence electrons. The summed E-state index contributed by atoms with van der Waals surface area (Å²) in [5.41, 5.74) is 3.38. The molecule has 0 amide bonds. The van der Waals surface area contributed by atoms with Crippen LogP contribution in [-0.2, 0) is 10.0 Å². The van der Waals surface area contributed by atoms with Crippen LogP contribution >= 0.6 is 0 Å². The number of rotatable bonds is 3. The maximum atomic E-state index is 13.2. The van der Waals surface area contributed by atoms with E-state index in [0.717, 1.165) is 22.3 Å². The van der Waals surface area contributed by atoms with Gasteiger partial charge in [0, 0.05) is 19.5 Å². The number of anilines is 1. The molecule has 1 aromatic heterocycles. The number of para-hydroxylation sites is 1. The summed E-state index contributed by atoms with van der Waals surface area (Å²) in [7, 11) is 0.221. The number of aryl methyl sites for hydroxylation is 1. The van der Waals surface area contributed by atoms with E-state index in [1.807, 2.05) is 69.2 Å². The van der Waals surface area contributed by atoms with Gasteiger partial charge in [-0.1, -0.05) is 35.9 Å². The fraction of sp³-hybridized carbons (Fsp3) is 0.222. The molecule has 0 N–H and O–H groups in total. The molecular formula is C18H20N2O2S. The summed E-state index contributed by atoms with van der Waals surface area (Å²) in [5.74, 6) is 0. The quantitative estimate of drug-likeness (QED) is 0.738. The molecule has 0 atom stereocenters. The zero-order chi connectivity index (χ0) is 16.8. The first kappa shape index (κ1) is 15.6. The molecule has 0 bridgehead atoms. The van der Waals surface area contributed by atoms with Crippen molar-refractivity contribution in [2.45, 2.75) is 18.7 Å². The van der Waals surface area contributed by atoms with Gasteiger partial charge in [0.25, 0.3) is 10.0 Å². The van der Waals surface area contributed by atoms with Crippen LogP contribution in [0, 0.1) is 13.8 Å². The van der Waals surface area contributed by atoms with Crippen molar-refractivity contribution < 1.29 is 8.42 Å². The maximum absolute atomic E-state index is 13.2. The molecule has 0 aliphatic heterocycles. The SMILES string of the molecule is Cc1ccc(S(=O)(=O)n2c(C)c(N(C)C)c3ccccc32)cc1. The van der Waals surface area contributed by atoms with Crippen molar-refractivity contribution in [3.05, 3.63) is 59.8 Å². The Morgan fingerprint density at radius 3 is 2.13 bits per heavy atom. The van der Waals surface area contributed by atoms with Crippen molar-refractivity contribution >= 4 is 26.6 Å². The number of nitrogens with zero attached hydrogens (tertiary/aromatic N) is 2. The molecule has 2 aromatic carbocycles. The molecule has 4 nitrogen and oxygen atoms in total. The van der Waals surface area contributed by atoms with Crippen LogP contribution < -0.4 is 4.90 Å². The first-order valence-corrected chi connectivity index (χ1v) is 8.87. The third-order valence-electron chi connectivity index (χ3n) is 4.03. The van der Waals surface area contributed by atoms with Crippen molar-refractivity contribution in [3.63, 3.8) is 0 Å². The highest BCUT2D eigenvalue weighted by atomic mass is 32.2. The summed E-state index contributed by atoms with van der Waals surface area (Å²) in [6.07, 6.45) is 0. The lowest BCUT2D eigenvalue weighted by Gasteiger charge is -2.14. The van der Waals surface area contributed by atoms with Gasteiger partial charge >= 0.3 is 0 Å². The Kier molecular flexibility index (Phi) is 3.68. The van der Waals surface area contributed by atoms with E-state index in [4.69, 9.17) is 0 Å². The summed E-state index contributed by atoms with van der Waals surface area (Å²) in [4.78, 5) is 2.26. The first-order valence-electron chi connectivity index (χ1n) is 7.43. The van der Waals surface area contributed by atoms with E-state index in [1.165, 1.54) is 3.97 Å². The molecule has 0 unspecified atom stereocenters. The molecule has 0 aliphatic rings.